The third-order valence-electron chi connectivity index (χ3n) is 5.18. The molecule has 2 aromatic heterocycles. The van der Waals surface area contributed by atoms with Gasteiger partial charge in [0.25, 0.3) is 0 Å². The highest BCUT2D eigenvalue weighted by Crippen LogP contribution is 2.30. The van der Waals surface area contributed by atoms with Crippen molar-refractivity contribution in [1.82, 2.24) is 14.9 Å². The normalized spacial score (nSPS) is 16.2. The second-order valence-electron chi connectivity index (χ2n) is 6.77. The Bertz CT molecular complexity index is 800. The number of piperidine rings is 1. The van der Waals surface area contributed by atoms with Crippen molar-refractivity contribution in [2.24, 2.45) is 0 Å². The van der Waals surface area contributed by atoms with E-state index in [0.717, 1.165) is 31.6 Å². The second-order valence-corrected chi connectivity index (χ2v) is 8.72. The molecule has 4 rings (SSSR count). The topological polar surface area (TPSA) is 32.3 Å². The van der Waals surface area contributed by atoms with Crippen molar-refractivity contribution in [3.63, 3.8) is 0 Å². The summed E-state index contributed by atoms with van der Waals surface area (Å²) in [5, 5.41) is 1.18. The number of benzene rings is 1. The van der Waals surface area contributed by atoms with Gasteiger partial charge in [0.05, 0.1) is 21.4 Å². The minimum Gasteiger partial charge on any atom is -0.348 e. The summed E-state index contributed by atoms with van der Waals surface area (Å²) in [5.41, 5.74) is 4.28. The van der Waals surface area contributed by atoms with Crippen LogP contribution < -0.4 is 4.90 Å². The van der Waals surface area contributed by atoms with Gasteiger partial charge in [-0.2, -0.15) is 0 Å². The molecule has 1 aliphatic heterocycles. The number of nitrogens with zero attached hydrogens (tertiary/aromatic N) is 4. The summed E-state index contributed by atoms with van der Waals surface area (Å²) in [6, 6.07) is 9.11. The van der Waals surface area contributed by atoms with Crippen molar-refractivity contribution in [3.8, 4) is 0 Å². The predicted molar refractivity (Wildman–Crippen MR) is 108 cm³/mol. The Morgan fingerprint density at radius 3 is 2.76 bits per heavy atom. The minimum absolute atomic E-state index is 0.679. The zero-order valence-electron chi connectivity index (χ0n) is 14.8. The van der Waals surface area contributed by atoms with Crippen LogP contribution >= 0.6 is 22.7 Å². The zero-order chi connectivity index (χ0) is 17.2. The SMILES string of the molecule is Cc1ncsc1CCN(C)C1CCN(c2nc3ccccc3s2)CC1. The van der Waals surface area contributed by atoms with Crippen molar-refractivity contribution in [3.05, 3.63) is 40.3 Å². The molecule has 0 spiro atoms. The summed E-state index contributed by atoms with van der Waals surface area (Å²) >= 11 is 3.60. The highest BCUT2D eigenvalue weighted by molar-refractivity contribution is 7.22. The quantitative estimate of drug-likeness (QED) is 0.672. The summed E-state index contributed by atoms with van der Waals surface area (Å²) < 4.78 is 1.29. The fourth-order valence-corrected chi connectivity index (χ4v) is 5.31. The lowest BCUT2D eigenvalue weighted by Crippen LogP contribution is -2.44. The molecule has 132 valence electrons. The number of rotatable bonds is 5. The van der Waals surface area contributed by atoms with Crippen LogP contribution in [0.5, 0.6) is 0 Å². The minimum atomic E-state index is 0.679. The van der Waals surface area contributed by atoms with Crippen LogP contribution in [0.3, 0.4) is 0 Å². The molecule has 25 heavy (non-hydrogen) atoms. The van der Waals surface area contributed by atoms with Gasteiger partial charge in [0, 0.05) is 30.6 Å². The second kappa shape index (κ2) is 7.40. The summed E-state index contributed by atoms with van der Waals surface area (Å²) in [5.74, 6) is 0. The lowest BCUT2D eigenvalue weighted by Gasteiger charge is -2.36. The van der Waals surface area contributed by atoms with Crippen LogP contribution in [0.25, 0.3) is 10.2 Å². The molecule has 0 bridgehead atoms. The van der Waals surface area contributed by atoms with Crippen LogP contribution in [0.15, 0.2) is 29.8 Å². The molecule has 0 saturated carbocycles. The fourth-order valence-electron chi connectivity index (χ4n) is 3.52. The Morgan fingerprint density at radius 1 is 1.24 bits per heavy atom. The molecule has 4 nitrogen and oxygen atoms in total. The van der Waals surface area contributed by atoms with Gasteiger partial charge in [0.1, 0.15) is 0 Å². The van der Waals surface area contributed by atoms with Gasteiger partial charge in [-0.3, -0.25) is 0 Å². The van der Waals surface area contributed by atoms with Gasteiger partial charge in [0.2, 0.25) is 0 Å². The average Bonchev–Trinajstić information content (AvgIpc) is 3.25. The molecule has 0 amide bonds. The Morgan fingerprint density at radius 2 is 2.04 bits per heavy atom. The highest BCUT2D eigenvalue weighted by Gasteiger charge is 2.24. The molecule has 6 heteroatoms. The van der Waals surface area contributed by atoms with Gasteiger partial charge < -0.3 is 9.80 Å². The van der Waals surface area contributed by atoms with Gasteiger partial charge in [0.15, 0.2) is 5.13 Å². The number of para-hydroxylation sites is 1. The van der Waals surface area contributed by atoms with Gasteiger partial charge in [-0.1, -0.05) is 23.5 Å². The first-order chi connectivity index (χ1) is 12.2. The summed E-state index contributed by atoms with van der Waals surface area (Å²) in [6.07, 6.45) is 3.55. The van der Waals surface area contributed by atoms with Crippen molar-refractivity contribution in [1.29, 1.82) is 0 Å². The summed E-state index contributed by atoms with van der Waals surface area (Å²) in [4.78, 5) is 15.6. The Hall–Kier alpha value is -1.50. The molecule has 0 N–H and O–H groups in total. The van der Waals surface area contributed by atoms with Crippen LogP contribution in [-0.2, 0) is 6.42 Å². The summed E-state index contributed by atoms with van der Waals surface area (Å²) in [7, 11) is 2.27. The molecule has 1 saturated heterocycles. The van der Waals surface area contributed by atoms with E-state index in [-0.39, 0.29) is 0 Å². The van der Waals surface area contributed by atoms with Crippen molar-refractivity contribution >= 4 is 38.0 Å². The number of anilines is 1. The first-order valence-electron chi connectivity index (χ1n) is 8.90. The highest BCUT2D eigenvalue weighted by atomic mass is 32.1. The van der Waals surface area contributed by atoms with E-state index in [1.54, 1.807) is 11.3 Å². The maximum Gasteiger partial charge on any atom is 0.186 e. The van der Waals surface area contributed by atoms with E-state index in [1.807, 2.05) is 16.8 Å². The van der Waals surface area contributed by atoms with E-state index in [0.29, 0.717) is 6.04 Å². The number of thiazole rings is 2. The third kappa shape index (κ3) is 3.71. The lowest BCUT2D eigenvalue weighted by molar-refractivity contribution is 0.210. The van der Waals surface area contributed by atoms with Gasteiger partial charge in [-0.05, 0) is 45.4 Å². The first-order valence-corrected chi connectivity index (χ1v) is 10.6. The Kier molecular flexibility index (Phi) is 5.01. The van der Waals surface area contributed by atoms with E-state index >= 15 is 0 Å². The standard InChI is InChI=1S/C19H24N4S2/c1-14-17(24-13-20-14)9-10-22(2)15-7-11-23(12-8-15)19-21-16-5-3-4-6-18(16)25-19/h3-6,13,15H,7-12H2,1-2H3. The van der Waals surface area contributed by atoms with Crippen LogP contribution in [0, 0.1) is 6.92 Å². The molecule has 0 unspecified atom stereocenters. The number of hydrogen-bond acceptors (Lipinski definition) is 6. The number of hydrogen-bond donors (Lipinski definition) is 0. The summed E-state index contributed by atoms with van der Waals surface area (Å²) in [6.45, 7) is 5.44. The first kappa shape index (κ1) is 16.9. The van der Waals surface area contributed by atoms with Gasteiger partial charge in [-0.15, -0.1) is 11.3 Å². The Labute approximate surface area is 157 Å². The average molecular weight is 373 g/mol. The van der Waals surface area contributed by atoms with Crippen LogP contribution in [0.1, 0.15) is 23.4 Å². The molecule has 0 aliphatic carbocycles. The molecule has 1 aliphatic rings. The fraction of sp³-hybridized carbons (Fsp3) is 0.474. The molecule has 3 heterocycles. The smallest absolute Gasteiger partial charge is 0.186 e. The van der Waals surface area contributed by atoms with E-state index in [4.69, 9.17) is 4.98 Å². The predicted octanol–water partition coefficient (Wildman–Crippen LogP) is 4.20. The van der Waals surface area contributed by atoms with Gasteiger partial charge >= 0.3 is 0 Å². The van der Waals surface area contributed by atoms with Crippen LogP contribution in [0.4, 0.5) is 5.13 Å². The molecule has 1 aromatic carbocycles. The van der Waals surface area contributed by atoms with E-state index in [9.17, 15) is 0 Å². The number of likely N-dealkylation sites (N-methyl/N-ethyl adjacent to an activating group) is 1. The molecular formula is C19H24N4S2. The monoisotopic (exact) mass is 372 g/mol. The molecule has 0 radical (unpaired) electrons. The Balaban J connectivity index is 1.32. The van der Waals surface area contributed by atoms with Crippen LogP contribution in [0.2, 0.25) is 0 Å². The van der Waals surface area contributed by atoms with E-state index < -0.39 is 0 Å². The van der Waals surface area contributed by atoms with E-state index in [1.165, 1.54) is 33.2 Å². The number of aromatic nitrogens is 2. The maximum atomic E-state index is 4.81. The van der Waals surface area contributed by atoms with Gasteiger partial charge in [-0.25, -0.2) is 9.97 Å². The molecule has 1 fully saturated rings. The zero-order valence-corrected chi connectivity index (χ0v) is 16.4. The van der Waals surface area contributed by atoms with Crippen LogP contribution in [-0.4, -0.2) is 47.6 Å². The van der Waals surface area contributed by atoms with Crippen molar-refractivity contribution in [2.75, 3.05) is 31.6 Å². The number of aryl methyl sites for hydroxylation is 1. The van der Waals surface area contributed by atoms with E-state index in [2.05, 4.69) is 53.0 Å². The molecular weight excluding hydrogens is 348 g/mol. The largest absolute Gasteiger partial charge is 0.348 e. The number of fused-ring (bicyclic) bond motifs is 1. The third-order valence-corrected chi connectivity index (χ3v) is 7.27. The van der Waals surface area contributed by atoms with Crippen molar-refractivity contribution in [2.45, 2.75) is 32.2 Å². The van der Waals surface area contributed by atoms with Crippen molar-refractivity contribution < 1.29 is 0 Å². The molecule has 3 aromatic rings. The maximum absolute atomic E-state index is 4.81. The lowest BCUT2D eigenvalue weighted by atomic mass is 10.0. The molecule has 0 atom stereocenters.